The van der Waals surface area contributed by atoms with E-state index in [1.165, 1.54) is 25.4 Å². The molecule has 1 amide bonds. The Morgan fingerprint density at radius 1 is 1.14 bits per heavy atom. The number of H-pyrrole nitrogens is 1. The SMILES string of the molecule is CC(=O)O.CNS(=O)(=O)c1c(OC2CCN(C[C@H](O)CNC(=O)c3c[nH]c(=O)c4ccccc34)CC2)ccc(Cl)c1Cl. The average molecular weight is 644 g/mol. The van der Waals surface area contributed by atoms with Gasteiger partial charge in [0.05, 0.1) is 21.7 Å². The van der Waals surface area contributed by atoms with Crippen molar-refractivity contribution in [1.82, 2.24) is 19.9 Å². The number of carboxylic acids is 1. The molecule has 1 aliphatic heterocycles. The van der Waals surface area contributed by atoms with Crippen LogP contribution in [0.5, 0.6) is 5.75 Å². The maximum absolute atomic E-state index is 12.7. The molecular formula is C27H32Cl2N4O8S. The van der Waals surface area contributed by atoms with Gasteiger partial charge < -0.3 is 30.2 Å². The highest BCUT2D eigenvalue weighted by Gasteiger charge is 2.28. The van der Waals surface area contributed by atoms with Gasteiger partial charge in [-0.15, -0.1) is 0 Å². The third kappa shape index (κ3) is 8.66. The predicted octanol–water partition coefficient (Wildman–Crippen LogP) is 2.47. The van der Waals surface area contributed by atoms with Gasteiger partial charge in [0.25, 0.3) is 17.4 Å². The van der Waals surface area contributed by atoms with Gasteiger partial charge in [0.15, 0.2) is 0 Å². The summed E-state index contributed by atoms with van der Waals surface area (Å²) in [4.78, 5) is 38.1. The van der Waals surface area contributed by atoms with E-state index in [0.29, 0.717) is 48.8 Å². The minimum absolute atomic E-state index is 0.0389. The number of aliphatic hydroxyl groups is 1. The maximum atomic E-state index is 12.7. The second kappa shape index (κ2) is 14.8. The summed E-state index contributed by atoms with van der Waals surface area (Å²) in [6.45, 7) is 2.67. The lowest BCUT2D eigenvalue weighted by atomic mass is 10.1. The summed E-state index contributed by atoms with van der Waals surface area (Å²) < 4.78 is 33.2. The van der Waals surface area contributed by atoms with Gasteiger partial charge in [0, 0.05) is 50.1 Å². The standard InChI is InChI=1S/C25H28Cl2N4O6S.C2H4O2/c1-28-38(35,36)23-21(7-6-20(26)22(23)27)37-16-8-10-31(11-9-16)14-15(32)12-29-25(34)19-13-30-24(33)18-5-3-2-4-17(18)19;1-2(3)4/h2-7,13,15-16,28,32H,8-12,14H2,1H3,(H,29,34)(H,30,33);1H3,(H,3,4)/t15-;/m1./s1. The van der Waals surface area contributed by atoms with Crippen molar-refractivity contribution in [3.05, 3.63) is 68.6 Å². The van der Waals surface area contributed by atoms with Crippen molar-refractivity contribution in [2.45, 2.75) is 36.9 Å². The van der Waals surface area contributed by atoms with Crippen molar-refractivity contribution >= 4 is 55.9 Å². The first-order chi connectivity index (χ1) is 19.8. The molecule has 5 N–H and O–H groups in total. The number of fused-ring (bicyclic) bond motifs is 1. The van der Waals surface area contributed by atoms with Crippen molar-refractivity contribution in [3.8, 4) is 5.75 Å². The van der Waals surface area contributed by atoms with Crippen molar-refractivity contribution in [1.29, 1.82) is 0 Å². The van der Waals surface area contributed by atoms with E-state index in [2.05, 4.69) is 15.0 Å². The summed E-state index contributed by atoms with van der Waals surface area (Å²) in [5, 5.41) is 21.6. The van der Waals surface area contributed by atoms with Crippen LogP contribution in [0.25, 0.3) is 10.8 Å². The van der Waals surface area contributed by atoms with Gasteiger partial charge >= 0.3 is 0 Å². The number of piperidine rings is 1. The fourth-order valence-corrected chi connectivity index (χ4v) is 6.02. The fraction of sp³-hybridized carbons (Fsp3) is 0.370. The number of aromatic amines is 1. The van der Waals surface area contributed by atoms with Crippen LogP contribution in [0.2, 0.25) is 10.0 Å². The molecule has 1 saturated heterocycles. The Balaban J connectivity index is 0.00000114. The molecule has 3 aromatic rings. The van der Waals surface area contributed by atoms with Gasteiger partial charge in [0.2, 0.25) is 10.0 Å². The minimum Gasteiger partial charge on any atom is -0.489 e. The minimum atomic E-state index is -3.89. The zero-order valence-corrected chi connectivity index (χ0v) is 25.2. The number of aliphatic carboxylic acids is 1. The number of pyridine rings is 1. The maximum Gasteiger partial charge on any atom is 0.300 e. The Morgan fingerprint density at radius 2 is 1.76 bits per heavy atom. The van der Waals surface area contributed by atoms with E-state index >= 15 is 0 Å². The molecule has 1 atom stereocenters. The Morgan fingerprint density at radius 3 is 2.38 bits per heavy atom. The average Bonchev–Trinajstić information content (AvgIpc) is 2.95. The molecule has 1 fully saturated rings. The number of aromatic nitrogens is 1. The summed E-state index contributed by atoms with van der Waals surface area (Å²) in [7, 11) is -2.61. The van der Waals surface area contributed by atoms with Crippen LogP contribution < -0.4 is 20.3 Å². The molecule has 0 spiro atoms. The van der Waals surface area contributed by atoms with Crippen molar-refractivity contribution in [2.24, 2.45) is 0 Å². The van der Waals surface area contributed by atoms with Crippen LogP contribution in [0.4, 0.5) is 0 Å². The smallest absolute Gasteiger partial charge is 0.300 e. The number of hydrogen-bond donors (Lipinski definition) is 5. The van der Waals surface area contributed by atoms with Crippen LogP contribution in [-0.4, -0.2) is 85.8 Å². The molecule has 228 valence electrons. The second-order valence-corrected chi connectivity index (χ2v) is 12.1. The number of halogens is 2. The number of likely N-dealkylation sites (tertiary alicyclic amines) is 1. The van der Waals surface area contributed by atoms with Crippen LogP contribution >= 0.6 is 23.2 Å². The van der Waals surface area contributed by atoms with Crippen LogP contribution in [0.15, 0.2) is 52.3 Å². The molecule has 2 heterocycles. The molecule has 0 bridgehead atoms. The molecule has 0 aliphatic carbocycles. The lowest BCUT2D eigenvalue weighted by Gasteiger charge is -2.33. The molecule has 1 aromatic heterocycles. The van der Waals surface area contributed by atoms with Crippen molar-refractivity contribution in [3.63, 3.8) is 0 Å². The Kier molecular flexibility index (Phi) is 11.7. The first-order valence-electron chi connectivity index (χ1n) is 12.9. The highest BCUT2D eigenvalue weighted by molar-refractivity contribution is 7.89. The van der Waals surface area contributed by atoms with Gasteiger partial charge in [-0.1, -0.05) is 41.4 Å². The highest BCUT2D eigenvalue weighted by Crippen LogP contribution is 2.37. The van der Waals surface area contributed by atoms with Crippen molar-refractivity contribution < 1.29 is 33.0 Å². The van der Waals surface area contributed by atoms with Gasteiger partial charge in [0.1, 0.15) is 16.7 Å². The monoisotopic (exact) mass is 642 g/mol. The van der Waals surface area contributed by atoms with E-state index in [1.54, 1.807) is 24.3 Å². The molecule has 0 radical (unpaired) electrons. The normalized spacial score (nSPS) is 15.0. The topological polar surface area (TPSA) is 178 Å². The number of nitrogens with one attached hydrogen (secondary N) is 3. The van der Waals surface area contributed by atoms with E-state index in [-0.39, 0.29) is 38.9 Å². The number of benzene rings is 2. The molecule has 4 rings (SSSR count). The van der Waals surface area contributed by atoms with E-state index in [0.717, 1.165) is 6.92 Å². The molecule has 0 saturated carbocycles. The number of sulfonamides is 1. The molecule has 12 nitrogen and oxygen atoms in total. The molecule has 1 aliphatic rings. The lowest BCUT2D eigenvalue weighted by Crippen LogP contribution is -2.45. The van der Waals surface area contributed by atoms with E-state index in [9.17, 15) is 23.1 Å². The number of hydrogen-bond acceptors (Lipinski definition) is 8. The number of carbonyl (C=O) groups excluding carboxylic acids is 1. The van der Waals surface area contributed by atoms with Crippen LogP contribution in [0.3, 0.4) is 0 Å². The van der Waals surface area contributed by atoms with Crippen molar-refractivity contribution in [2.75, 3.05) is 33.2 Å². The third-order valence-corrected chi connectivity index (χ3v) is 8.80. The number of amides is 1. The molecule has 0 unspecified atom stereocenters. The summed E-state index contributed by atoms with van der Waals surface area (Å²) >= 11 is 12.2. The highest BCUT2D eigenvalue weighted by atomic mass is 35.5. The Labute approximate surface area is 252 Å². The molecule has 15 heteroatoms. The van der Waals surface area contributed by atoms with E-state index < -0.39 is 28.0 Å². The fourth-order valence-electron chi connectivity index (χ4n) is 4.41. The summed E-state index contributed by atoms with van der Waals surface area (Å²) in [5.41, 5.74) is 0.0518. The van der Waals surface area contributed by atoms with Crippen LogP contribution in [0.1, 0.15) is 30.1 Å². The number of β-amino-alcohol motifs (C(OH)–C–C–N with tert-alkyl or cyclic N) is 1. The van der Waals surface area contributed by atoms with E-state index in [1.807, 2.05) is 4.90 Å². The van der Waals surface area contributed by atoms with Gasteiger partial charge in [-0.25, -0.2) is 13.1 Å². The van der Waals surface area contributed by atoms with Crippen LogP contribution in [-0.2, 0) is 14.8 Å². The number of nitrogens with zero attached hydrogens (tertiary/aromatic N) is 1. The molecule has 42 heavy (non-hydrogen) atoms. The number of rotatable bonds is 9. The summed E-state index contributed by atoms with van der Waals surface area (Å²) in [5.74, 6) is -1.10. The third-order valence-electron chi connectivity index (χ3n) is 6.40. The van der Waals surface area contributed by atoms with Crippen LogP contribution in [0, 0.1) is 0 Å². The summed E-state index contributed by atoms with van der Waals surface area (Å²) in [6, 6.07) is 9.81. The zero-order chi connectivity index (χ0) is 31.0. The van der Waals surface area contributed by atoms with E-state index in [4.69, 9.17) is 37.8 Å². The number of ether oxygens (including phenoxy) is 1. The molecule has 2 aromatic carbocycles. The Bertz CT molecular complexity index is 1590. The Hall–Kier alpha value is -3.20. The van der Waals surface area contributed by atoms with Gasteiger partial charge in [-0.2, -0.15) is 0 Å². The molecular weight excluding hydrogens is 611 g/mol. The zero-order valence-electron chi connectivity index (χ0n) is 22.9. The quantitative estimate of drug-likeness (QED) is 0.234. The number of carbonyl (C=O) groups is 2. The second-order valence-electron chi connectivity index (χ2n) is 9.47. The first-order valence-corrected chi connectivity index (χ1v) is 15.1. The largest absolute Gasteiger partial charge is 0.489 e. The first kappa shape index (κ1) is 33.3. The predicted molar refractivity (Wildman–Crippen MR) is 159 cm³/mol. The van der Waals surface area contributed by atoms with Gasteiger partial charge in [-0.3, -0.25) is 14.4 Å². The number of carboxylic acid groups (broad SMARTS) is 1. The lowest BCUT2D eigenvalue weighted by molar-refractivity contribution is -0.134. The summed E-state index contributed by atoms with van der Waals surface area (Å²) in [6.07, 6.45) is 1.51. The number of aliphatic hydroxyl groups excluding tert-OH is 1. The van der Waals surface area contributed by atoms with Gasteiger partial charge in [-0.05, 0) is 38.1 Å².